The normalized spacial score (nSPS) is 13.3. The third-order valence-corrected chi connectivity index (χ3v) is 4.82. The Labute approximate surface area is 124 Å². The maximum atomic E-state index is 12.4. The molecule has 0 radical (unpaired) electrons. The fourth-order valence-corrected chi connectivity index (χ4v) is 3.41. The van der Waals surface area contributed by atoms with Crippen molar-refractivity contribution < 1.29 is 13.5 Å². The van der Waals surface area contributed by atoms with Crippen molar-refractivity contribution in [2.24, 2.45) is 0 Å². The largest absolute Gasteiger partial charge is 0.390 e. The molecule has 0 saturated heterocycles. The van der Waals surface area contributed by atoms with Crippen LogP contribution in [0.1, 0.15) is 31.1 Å². The second kappa shape index (κ2) is 6.38. The van der Waals surface area contributed by atoms with E-state index in [1.807, 2.05) is 6.92 Å². The van der Waals surface area contributed by atoms with Gasteiger partial charge in [-0.2, -0.15) is 0 Å². The Kier molecular flexibility index (Phi) is 4.76. The van der Waals surface area contributed by atoms with E-state index in [4.69, 9.17) is 0 Å². The molecule has 0 fully saturated rings. The van der Waals surface area contributed by atoms with E-state index in [9.17, 15) is 13.5 Å². The molecular formula is C14H19N3O3S. The Hall–Kier alpha value is -1.70. The SMILES string of the molecule is CCn1cc(S(=O)(=O)NC(C)c2ccncc2)cc1CO. The lowest BCUT2D eigenvalue weighted by atomic mass is 10.1. The first-order chi connectivity index (χ1) is 9.97. The summed E-state index contributed by atoms with van der Waals surface area (Å²) in [5, 5.41) is 9.25. The third kappa shape index (κ3) is 3.49. The van der Waals surface area contributed by atoms with Crippen molar-refractivity contribution in [2.75, 3.05) is 0 Å². The minimum Gasteiger partial charge on any atom is -0.390 e. The maximum absolute atomic E-state index is 12.4. The van der Waals surface area contributed by atoms with Gasteiger partial charge in [0, 0.05) is 36.9 Å². The van der Waals surface area contributed by atoms with E-state index in [1.54, 1.807) is 36.0 Å². The van der Waals surface area contributed by atoms with Crippen LogP contribution in [0.5, 0.6) is 0 Å². The van der Waals surface area contributed by atoms with Crippen molar-refractivity contribution in [2.45, 2.75) is 37.9 Å². The van der Waals surface area contributed by atoms with Crippen molar-refractivity contribution in [1.29, 1.82) is 0 Å². The lowest BCUT2D eigenvalue weighted by molar-refractivity contribution is 0.271. The van der Waals surface area contributed by atoms with Crippen LogP contribution in [0, 0.1) is 0 Å². The van der Waals surface area contributed by atoms with Crippen molar-refractivity contribution in [3.8, 4) is 0 Å². The van der Waals surface area contributed by atoms with Gasteiger partial charge >= 0.3 is 0 Å². The smallest absolute Gasteiger partial charge is 0.242 e. The van der Waals surface area contributed by atoms with Gasteiger partial charge in [-0.05, 0) is 37.6 Å². The van der Waals surface area contributed by atoms with Crippen molar-refractivity contribution in [1.82, 2.24) is 14.3 Å². The van der Waals surface area contributed by atoms with E-state index in [0.717, 1.165) is 5.56 Å². The van der Waals surface area contributed by atoms with E-state index in [-0.39, 0.29) is 17.5 Å². The Morgan fingerprint density at radius 1 is 1.38 bits per heavy atom. The highest BCUT2D eigenvalue weighted by atomic mass is 32.2. The predicted octanol–water partition coefficient (Wildman–Crippen LogP) is 1.43. The lowest BCUT2D eigenvalue weighted by Gasteiger charge is -2.13. The molecule has 2 aromatic heterocycles. The first kappa shape index (κ1) is 15.7. The molecule has 0 aliphatic heterocycles. The van der Waals surface area contributed by atoms with E-state index < -0.39 is 10.0 Å². The molecule has 0 saturated carbocycles. The quantitative estimate of drug-likeness (QED) is 0.845. The number of aromatic nitrogens is 2. The van der Waals surface area contributed by atoms with E-state index in [1.165, 1.54) is 12.3 Å². The molecule has 1 atom stereocenters. The topological polar surface area (TPSA) is 84.2 Å². The molecular weight excluding hydrogens is 290 g/mol. The summed E-state index contributed by atoms with van der Waals surface area (Å²) in [6.45, 7) is 4.08. The van der Waals surface area contributed by atoms with Crippen molar-refractivity contribution in [3.63, 3.8) is 0 Å². The average molecular weight is 309 g/mol. The highest BCUT2D eigenvalue weighted by molar-refractivity contribution is 7.89. The number of pyridine rings is 1. The van der Waals surface area contributed by atoms with Crippen molar-refractivity contribution in [3.05, 3.63) is 48.0 Å². The first-order valence-corrected chi connectivity index (χ1v) is 8.18. The number of aryl methyl sites for hydroxylation is 1. The van der Waals surface area contributed by atoms with Gasteiger partial charge < -0.3 is 9.67 Å². The first-order valence-electron chi connectivity index (χ1n) is 6.70. The summed E-state index contributed by atoms with van der Waals surface area (Å²) in [7, 11) is -3.63. The monoisotopic (exact) mass is 309 g/mol. The van der Waals surface area contributed by atoms with Crippen LogP contribution in [0.25, 0.3) is 0 Å². The van der Waals surface area contributed by atoms with Gasteiger partial charge in [0.25, 0.3) is 0 Å². The predicted molar refractivity (Wildman–Crippen MR) is 79.0 cm³/mol. The molecule has 0 spiro atoms. The summed E-state index contributed by atoms with van der Waals surface area (Å²) in [4.78, 5) is 4.07. The van der Waals surface area contributed by atoms with Gasteiger partial charge in [-0.1, -0.05) is 0 Å². The summed E-state index contributed by atoms with van der Waals surface area (Å²) in [6.07, 6.45) is 4.78. The Balaban J connectivity index is 2.24. The van der Waals surface area contributed by atoms with Crippen LogP contribution in [0.4, 0.5) is 0 Å². The Morgan fingerprint density at radius 3 is 2.57 bits per heavy atom. The summed E-state index contributed by atoms with van der Waals surface area (Å²) in [5.41, 5.74) is 1.42. The molecule has 114 valence electrons. The third-order valence-electron chi connectivity index (χ3n) is 3.31. The number of nitrogens with zero attached hydrogens (tertiary/aromatic N) is 2. The molecule has 7 heteroatoms. The molecule has 2 heterocycles. The van der Waals surface area contributed by atoms with Gasteiger partial charge in [0.15, 0.2) is 0 Å². The highest BCUT2D eigenvalue weighted by Gasteiger charge is 2.21. The lowest BCUT2D eigenvalue weighted by Crippen LogP contribution is -2.26. The number of hydrogen-bond acceptors (Lipinski definition) is 4. The number of aliphatic hydroxyl groups excluding tert-OH is 1. The zero-order valence-electron chi connectivity index (χ0n) is 12.0. The van der Waals surface area contributed by atoms with E-state index >= 15 is 0 Å². The van der Waals surface area contributed by atoms with Crippen LogP contribution in [0.3, 0.4) is 0 Å². The molecule has 2 aromatic rings. The van der Waals surface area contributed by atoms with Gasteiger partial charge in [0.1, 0.15) is 0 Å². The van der Waals surface area contributed by atoms with Crippen LogP contribution in [-0.4, -0.2) is 23.1 Å². The zero-order valence-corrected chi connectivity index (χ0v) is 12.8. The maximum Gasteiger partial charge on any atom is 0.242 e. The molecule has 2 N–H and O–H groups in total. The number of rotatable bonds is 6. The van der Waals surface area contributed by atoms with Crippen LogP contribution >= 0.6 is 0 Å². The molecule has 0 bridgehead atoms. The van der Waals surface area contributed by atoms with Gasteiger partial charge in [0.05, 0.1) is 11.5 Å². The second-order valence-corrected chi connectivity index (χ2v) is 6.45. The fraction of sp³-hybridized carbons (Fsp3) is 0.357. The van der Waals surface area contributed by atoms with Crippen LogP contribution in [0.15, 0.2) is 41.7 Å². The average Bonchev–Trinajstić information content (AvgIpc) is 2.92. The molecule has 0 aliphatic rings. The van der Waals surface area contributed by atoms with Crippen LogP contribution in [0.2, 0.25) is 0 Å². The Morgan fingerprint density at radius 2 is 2.05 bits per heavy atom. The Bertz CT molecular complexity index is 674. The molecule has 0 amide bonds. The van der Waals surface area contributed by atoms with E-state index in [0.29, 0.717) is 12.2 Å². The molecule has 6 nitrogen and oxygen atoms in total. The minimum atomic E-state index is -3.63. The van der Waals surface area contributed by atoms with Gasteiger partial charge in [0.2, 0.25) is 10.0 Å². The van der Waals surface area contributed by atoms with Gasteiger partial charge in [-0.25, -0.2) is 13.1 Å². The standard InChI is InChI=1S/C14H19N3O3S/c1-3-17-9-14(8-13(17)10-18)21(19,20)16-11(2)12-4-6-15-7-5-12/h4-9,11,16,18H,3,10H2,1-2H3. The van der Waals surface area contributed by atoms with Gasteiger partial charge in [-0.3, -0.25) is 4.98 Å². The molecule has 21 heavy (non-hydrogen) atoms. The number of hydrogen-bond donors (Lipinski definition) is 2. The van der Waals surface area contributed by atoms with E-state index in [2.05, 4.69) is 9.71 Å². The fourth-order valence-electron chi connectivity index (χ4n) is 2.12. The number of sulfonamides is 1. The highest BCUT2D eigenvalue weighted by Crippen LogP contribution is 2.18. The zero-order chi connectivity index (χ0) is 15.5. The number of aliphatic hydroxyl groups is 1. The van der Waals surface area contributed by atoms with Gasteiger partial charge in [-0.15, -0.1) is 0 Å². The number of nitrogens with one attached hydrogen (secondary N) is 1. The van der Waals surface area contributed by atoms with Crippen LogP contribution < -0.4 is 4.72 Å². The molecule has 0 aromatic carbocycles. The van der Waals surface area contributed by atoms with Crippen LogP contribution in [-0.2, 0) is 23.2 Å². The molecule has 2 rings (SSSR count). The summed E-state index contributed by atoms with van der Waals surface area (Å²) < 4.78 is 29.1. The summed E-state index contributed by atoms with van der Waals surface area (Å²) in [5.74, 6) is 0. The second-order valence-electron chi connectivity index (χ2n) is 4.73. The van der Waals surface area contributed by atoms with Crippen molar-refractivity contribution >= 4 is 10.0 Å². The summed E-state index contributed by atoms with van der Waals surface area (Å²) in [6, 6.07) is 4.67. The summed E-state index contributed by atoms with van der Waals surface area (Å²) >= 11 is 0. The minimum absolute atomic E-state index is 0.161. The molecule has 1 unspecified atom stereocenters. The molecule has 0 aliphatic carbocycles.